The smallest absolute Gasteiger partial charge is 0.341 e. The average Bonchev–Trinajstić information content (AvgIpc) is 3.25. The van der Waals surface area contributed by atoms with Crippen molar-refractivity contribution < 1.29 is 19.1 Å². The molecule has 3 rings (SSSR count). The maximum absolute atomic E-state index is 13.3. The molecule has 0 bridgehead atoms. The Labute approximate surface area is 227 Å². The van der Waals surface area contributed by atoms with Gasteiger partial charge in [0.25, 0.3) is 0 Å². The van der Waals surface area contributed by atoms with Crippen LogP contribution in [0.25, 0.3) is 11.1 Å². The van der Waals surface area contributed by atoms with Gasteiger partial charge >= 0.3 is 5.97 Å². The Balaban J connectivity index is 1.77. The van der Waals surface area contributed by atoms with Gasteiger partial charge in [-0.25, -0.2) is 4.79 Å². The zero-order valence-corrected chi connectivity index (χ0v) is 23.6. The molecule has 37 heavy (non-hydrogen) atoms. The Morgan fingerprint density at radius 2 is 1.73 bits per heavy atom. The molecular weight excluding hydrogens is 504 g/mol. The predicted molar refractivity (Wildman–Crippen MR) is 153 cm³/mol. The molecule has 0 aliphatic carbocycles. The van der Waals surface area contributed by atoms with E-state index in [1.807, 2.05) is 87.7 Å². The van der Waals surface area contributed by atoms with Gasteiger partial charge in [0.1, 0.15) is 10.6 Å². The molecule has 0 saturated heterocycles. The summed E-state index contributed by atoms with van der Waals surface area (Å²) in [4.78, 5) is 39.4. The van der Waals surface area contributed by atoms with E-state index >= 15 is 0 Å². The van der Waals surface area contributed by atoms with Crippen molar-refractivity contribution >= 4 is 51.6 Å². The van der Waals surface area contributed by atoms with E-state index in [9.17, 15) is 14.4 Å². The number of hydrogen-bond donors (Lipinski definition) is 2. The number of esters is 1. The molecule has 0 fully saturated rings. The van der Waals surface area contributed by atoms with Gasteiger partial charge in [-0.1, -0.05) is 64.1 Å². The quantitative estimate of drug-likeness (QED) is 0.207. The van der Waals surface area contributed by atoms with Crippen LogP contribution in [0.15, 0.2) is 64.9 Å². The first-order chi connectivity index (χ1) is 17.6. The van der Waals surface area contributed by atoms with Crippen LogP contribution in [-0.4, -0.2) is 29.6 Å². The van der Waals surface area contributed by atoms with Crippen molar-refractivity contribution in [3.63, 3.8) is 0 Å². The van der Waals surface area contributed by atoms with Crippen molar-refractivity contribution in [2.24, 2.45) is 5.41 Å². The summed E-state index contributed by atoms with van der Waals surface area (Å²) in [6.45, 7) is 10.0. The molecule has 0 aliphatic heterocycles. The highest BCUT2D eigenvalue weighted by Crippen LogP contribution is 2.37. The highest BCUT2D eigenvalue weighted by molar-refractivity contribution is 8.00. The Kier molecular flexibility index (Phi) is 9.94. The molecular formula is C29H34N2O4S2. The number of nitrogens with one attached hydrogen (secondary N) is 2. The van der Waals surface area contributed by atoms with E-state index in [0.29, 0.717) is 29.1 Å². The minimum Gasteiger partial charge on any atom is -0.462 e. The van der Waals surface area contributed by atoms with Gasteiger partial charge in [-0.2, -0.15) is 0 Å². The number of rotatable bonds is 10. The first-order valence-corrected chi connectivity index (χ1v) is 14.1. The van der Waals surface area contributed by atoms with Crippen LogP contribution in [0.1, 0.15) is 57.8 Å². The second-order valence-corrected chi connectivity index (χ2v) is 11.9. The lowest BCUT2D eigenvalue weighted by molar-refractivity contribution is -0.118. The van der Waals surface area contributed by atoms with Gasteiger partial charge in [-0.05, 0) is 42.5 Å². The maximum Gasteiger partial charge on any atom is 0.341 e. The van der Waals surface area contributed by atoms with Gasteiger partial charge in [0, 0.05) is 27.9 Å². The van der Waals surface area contributed by atoms with Crippen molar-refractivity contribution in [2.45, 2.75) is 57.6 Å². The van der Waals surface area contributed by atoms with Crippen molar-refractivity contribution in [3.05, 3.63) is 65.5 Å². The normalized spacial score (nSPS) is 12.0. The summed E-state index contributed by atoms with van der Waals surface area (Å²) in [5, 5.41) is 7.87. The largest absolute Gasteiger partial charge is 0.462 e. The summed E-state index contributed by atoms with van der Waals surface area (Å²) < 4.78 is 5.30. The average molecular weight is 539 g/mol. The van der Waals surface area contributed by atoms with Crippen LogP contribution in [-0.2, 0) is 14.3 Å². The molecule has 2 aromatic carbocycles. The second-order valence-electron chi connectivity index (χ2n) is 9.76. The standard InChI is InChI=1S/C29H34N2O4S2/c1-6-23(37-21-15-11-14-20(16-21)30-24(32)17-29(3,4)5)26(33)31-27-25(28(34)35-7-2)22(18-36-27)19-12-9-8-10-13-19/h8-16,18,23H,6-7,17H2,1-5H3,(H,30,32)(H,31,33). The number of amides is 2. The molecule has 2 amide bonds. The third kappa shape index (κ3) is 8.20. The Hall–Kier alpha value is -3.10. The van der Waals surface area contributed by atoms with Crippen molar-refractivity contribution in [1.29, 1.82) is 0 Å². The summed E-state index contributed by atoms with van der Waals surface area (Å²) in [6, 6.07) is 17.1. The van der Waals surface area contributed by atoms with Gasteiger partial charge < -0.3 is 15.4 Å². The zero-order valence-electron chi connectivity index (χ0n) is 21.9. The number of hydrogen-bond acceptors (Lipinski definition) is 6. The van der Waals surface area contributed by atoms with E-state index in [4.69, 9.17) is 4.74 Å². The predicted octanol–water partition coefficient (Wildman–Crippen LogP) is 7.48. The fraction of sp³-hybridized carbons (Fsp3) is 0.345. The molecule has 0 radical (unpaired) electrons. The lowest BCUT2D eigenvalue weighted by atomic mass is 9.92. The fourth-order valence-electron chi connectivity index (χ4n) is 3.70. The molecule has 2 N–H and O–H groups in total. The van der Waals surface area contributed by atoms with Crippen molar-refractivity contribution in [3.8, 4) is 11.1 Å². The van der Waals surface area contributed by atoms with Gasteiger partial charge in [0.05, 0.1) is 11.9 Å². The first-order valence-electron chi connectivity index (χ1n) is 12.3. The lowest BCUT2D eigenvalue weighted by Crippen LogP contribution is -2.25. The van der Waals surface area contributed by atoms with E-state index in [2.05, 4.69) is 10.6 Å². The van der Waals surface area contributed by atoms with Crippen LogP contribution < -0.4 is 10.6 Å². The second kappa shape index (κ2) is 12.9. The molecule has 8 heteroatoms. The van der Waals surface area contributed by atoms with Crippen LogP contribution in [0, 0.1) is 5.41 Å². The lowest BCUT2D eigenvalue weighted by Gasteiger charge is -2.18. The molecule has 0 spiro atoms. The molecule has 1 heterocycles. The summed E-state index contributed by atoms with van der Waals surface area (Å²) >= 11 is 2.74. The summed E-state index contributed by atoms with van der Waals surface area (Å²) in [5.41, 5.74) is 2.58. The third-order valence-electron chi connectivity index (χ3n) is 5.34. The maximum atomic E-state index is 13.3. The van der Waals surface area contributed by atoms with E-state index in [-0.39, 0.29) is 23.8 Å². The molecule has 3 aromatic rings. The molecule has 0 saturated carbocycles. The number of thiophene rings is 1. The number of carbonyl (C=O) groups is 3. The molecule has 1 unspecified atom stereocenters. The summed E-state index contributed by atoms with van der Waals surface area (Å²) in [7, 11) is 0. The summed E-state index contributed by atoms with van der Waals surface area (Å²) in [5.74, 6) is -0.697. The SMILES string of the molecule is CCOC(=O)c1c(-c2ccccc2)csc1NC(=O)C(CC)Sc1cccc(NC(=O)CC(C)(C)C)c1. The zero-order chi connectivity index (χ0) is 27.0. The van der Waals surface area contributed by atoms with Gasteiger partial charge in [-0.15, -0.1) is 23.1 Å². The van der Waals surface area contributed by atoms with Crippen LogP contribution in [0.3, 0.4) is 0 Å². The van der Waals surface area contributed by atoms with Crippen molar-refractivity contribution in [1.82, 2.24) is 0 Å². The van der Waals surface area contributed by atoms with Crippen LogP contribution in [0.5, 0.6) is 0 Å². The topological polar surface area (TPSA) is 84.5 Å². The van der Waals surface area contributed by atoms with E-state index in [1.54, 1.807) is 6.92 Å². The molecule has 1 atom stereocenters. The minimum absolute atomic E-state index is 0.0437. The highest BCUT2D eigenvalue weighted by atomic mass is 32.2. The van der Waals surface area contributed by atoms with E-state index < -0.39 is 11.2 Å². The molecule has 1 aromatic heterocycles. The molecule has 0 aliphatic rings. The Bertz CT molecular complexity index is 1230. The summed E-state index contributed by atoms with van der Waals surface area (Å²) in [6.07, 6.45) is 1.00. The van der Waals surface area contributed by atoms with Gasteiger partial charge in [0.15, 0.2) is 0 Å². The van der Waals surface area contributed by atoms with Crippen LogP contribution in [0.4, 0.5) is 10.7 Å². The minimum atomic E-state index is -0.461. The number of carbonyl (C=O) groups excluding carboxylic acids is 3. The molecule has 196 valence electrons. The van der Waals surface area contributed by atoms with E-state index in [1.165, 1.54) is 23.1 Å². The van der Waals surface area contributed by atoms with E-state index in [0.717, 1.165) is 16.0 Å². The Morgan fingerprint density at radius 3 is 2.38 bits per heavy atom. The Morgan fingerprint density at radius 1 is 1.00 bits per heavy atom. The van der Waals surface area contributed by atoms with Gasteiger partial charge in [0.2, 0.25) is 11.8 Å². The van der Waals surface area contributed by atoms with Crippen LogP contribution >= 0.6 is 23.1 Å². The fourth-order valence-corrected chi connectivity index (χ4v) is 5.67. The number of thioether (sulfide) groups is 1. The third-order valence-corrected chi connectivity index (χ3v) is 7.60. The number of ether oxygens (including phenoxy) is 1. The molecule has 6 nitrogen and oxygen atoms in total. The number of anilines is 2. The van der Waals surface area contributed by atoms with Crippen molar-refractivity contribution in [2.75, 3.05) is 17.2 Å². The first kappa shape index (κ1) is 28.5. The van der Waals surface area contributed by atoms with Gasteiger partial charge in [-0.3, -0.25) is 9.59 Å². The monoisotopic (exact) mass is 538 g/mol. The number of benzene rings is 2. The highest BCUT2D eigenvalue weighted by Gasteiger charge is 2.26. The van der Waals surface area contributed by atoms with Crippen LogP contribution in [0.2, 0.25) is 0 Å².